The van der Waals surface area contributed by atoms with E-state index in [1.807, 2.05) is 0 Å². The first kappa shape index (κ1) is 45.4. The highest BCUT2D eigenvalue weighted by atomic mass is 14.8. The van der Waals surface area contributed by atoms with Gasteiger partial charge in [0.1, 0.15) is 0 Å². The fraction of sp³-hybridized carbons (Fsp3) is 0.0556. The van der Waals surface area contributed by atoms with Crippen molar-refractivity contribution in [3.05, 3.63) is 302 Å². The van der Waals surface area contributed by atoms with Gasteiger partial charge in [0.25, 0.3) is 0 Å². The van der Waals surface area contributed by atoms with E-state index in [2.05, 4.69) is 256 Å². The van der Waals surface area contributed by atoms with Gasteiger partial charge in [-0.15, -0.1) is 0 Å². The number of hydrogen-bond donors (Lipinski definition) is 2. The van der Waals surface area contributed by atoms with Gasteiger partial charge < -0.3 is 9.97 Å². The van der Waals surface area contributed by atoms with Gasteiger partial charge in [0.05, 0.1) is 44.5 Å². The third-order valence-electron chi connectivity index (χ3n) is 15.7. The van der Waals surface area contributed by atoms with Crippen LogP contribution in [-0.2, 0) is 0 Å². The van der Waals surface area contributed by atoms with Gasteiger partial charge in [-0.25, -0.2) is 19.9 Å². The zero-order valence-corrected chi connectivity index (χ0v) is 43.6. The highest BCUT2D eigenvalue weighted by molar-refractivity contribution is 6.02. The zero-order valence-electron chi connectivity index (χ0n) is 43.6. The lowest BCUT2D eigenvalue weighted by Gasteiger charge is -2.07. The third kappa shape index (κ3) is 7.80. The third-order valence-corrected chi connectivity index (χ3v) is 15.7. The summed E-state index contributed by atoms with van der Waals surface area (Å²) >= 11 is 0. The maximum atomic E-state index is 5.62. The minimum absolute atomic E-state index is 0.873. The molecule has 12 aliphatic heterocycles. The standard InChI is InChI=1S/C72H50N6/c1-41-35-42(2)38-55(37-41)69-63-31-27-59(73-63)67-51-17-9-47(10-18-51)45-5-13-49(14-6-45)57-25-23-53-21-22-54-24-26-58(78-72(54)71(53)77-57)50-15-7-46(8-16-50)48-11-19-52(20-12-48)68(60-28-32-64(69)74-60)62-30-34-66(76-62)70(65-33-29-61(67)75-65)56-39-43(3)36-44(4)40-56/h5-40,73,76H,1-4H3. The Kier molecular flexibility index (Phi) is 10.3. The van der Waals surface area contributed by atoms with Crippen LogP contribution in [0.1, 0.15) is 45.0 Å². The second kappa shape index (κ2) is 17.8. The molecule has 0 saturated carbocycles. The van der Waals surface area contributed by atoms with Crippen LogP contribution in [0.15, 0.2) is 194 Å². The monoisotopic (exact) mass is 998 g/mol. The van der Waals surface area contributed by atoms with Crippen molar-refractivity contribution in [1.82, 2.24) is 29.9 Å². The summed E-state index contributed by atoms with van der Waals surface area (Å²) in [5, 5.41) is 14.6. The molecular formula is C72H50N6. The Morgan fingerprint density at radius 1 is 0.269 bits per heavy atom. The molecule has 12 aliphatic rings. The molecule has 0 spiro atoms. The lowest BCUT2D eigenvalue weighted by atomic mass is 9.99. The Morgan fingerprint density at radius 3 is 0.949 bits per heavy atom. The molecule has 0 aliphatic carbocycles. The van der Waals surface area contributed by atoms with Crippen molar-refractivity contribution in [3.63, 3.8) is 0 Å². The number of aryl methyl sites for hydroxylation is 4. The molecule has 22 bridgehead atoms. The Labute approximate surface area is 447 Å². The molecule has 6 nitrogen and oxygen atoms in total. The topological polar surface area (TPSA) is 83.1 Å². The van der Waals surface area contributed by atoms with E-state index < -0.39 is 0 Å². The van der Waals surface area contributed by atoms with E-state index in [1.54, 1.807) is 0 Å². The number of pyridine rings is 2. The molecule has 12 aromatic rings. The highest BCUT2D eigenvalue weighted by Gasteiger charge is 2.17. The zero-order chi connectivity index (χ0) is 52.2. The van der Waals surface area contributed by atoms with E-state index in [4.69, 9.17) is 19.9 Å². The lowest BCUT2D eigenvalue weighted by Crippen LogP contribution is -1.90. The summed E-state index contributed by atoms with van der Waals surface area (Å²) < 4.78 is 0. The molecule has 0 saturated heterocycles. The summed E-state index contributed by atoms with van der Waals surface area (Å²) in [5.41, 5.74) is 18.2. The van der Waals surface area contributed by atoms with E-state index in [9.17, 15) is 0 Å². The molecule has 78 heavy (non-hydrogen) atoms. The number of aromatic nitrogens is 6. The van der Waals surface area contributed by atoms with Crippen molar-refractivity contribution < 1.29 is 0 Å². The molecule has 0 unspecified atom stereocenters. The molecule has 6 heteroatoms. The second-order valence-electron chi connectivity index (χ2n) is 21.2. The smallest absolute Gasteiger partial charge is 0.0972 e. The van der Waals surface area contributed by atoms with Crippen molar-refractivity contribution in [2.45, 2.75) is 27.7 Å². The van der Waals surface area contributed by atoms with Gasteiger partial charge in [0.2, 0.25) is 0 Å². The van der Waals surface area contributed by atoms with Crippen molar-refractivity contribution in [1.29, 1.82) is 0 Å². The van der Waals surface area contributed by atoms with E-state index >= 15 is 0 Å². The summed E-state index contributed by atoms with van der Waals surface area (Å²) in [6.45, 7) is 8.66. The van der Waals surface area contributed by atoms with Gasteiger partial charge in [0, 0.05) is 64.8 Å². The maximum Gasteiger partial charge on any atom is 0.0972 e. The molecule has 24 rings (SSSR count). The van der Waals surface area contributed by atoms with Crippen molar-refractivity contribution in [2.24, 2.45) is 0 Å². The molecule has 5 aromatic heterocycles. The van der Waals surface area contributed by atoms with Crippen LogP contribution in [0.5, 0.6) is 0 Å². The molecule has 17 heterocycles. The molecule has 0 amide bonds. The molecule has 0 radical (unpaired) electrons. The Morgan fingerprint density at radius 2 is 0.577 bits per heavy atom. The van der Waals surface area contributed by atoms with Crippen LogP contribution in [-0.4, -0.2) is 29.9 Å². The maximum absolute atomic E-state index is 5.62. The number of aromatic amines is 2. The van der Waals surface area contributed by atoms with Crippen LogP contribution >= 0.6 is 0 Å². The van der Waals surface area contributed by atoms with Gasteiger partial charge in [0.15, 0.2) is 0 Å². The molecule has 0 atom stereocenters. The van der Waals surface area contributed by atoms with Crippen molar-refractivity contribution >= 4 is 68.2 Å². The SMILES string of the molecule is Cc1cc(C)cc(-c2c3nc(c4c5ccc([nH]5)c(-c5cc(C)cc(C)c5)c5nc(c(c6ccc2[nH]6)=c2ccc(cc2)=c2ccc(cc2)=c2ccc6ccc7ccc(nc7c6n2)=c2ccc(cc2)=c2ccc=4cc2)C=C5)C=C3)c1. The second-order valence-corrected chi connectivity index (χ2v) is 21.2. The van der Waals surface area contributed by atoms with E-state index in [1.165, 1.54) is 22.3 Å². The van der Waals surface area contributed by atoms with Crippen molar-refractivity contribution in [2.75, 3.05) is 0 Å². The van der Waals surface area contributed by atoms with Crippen LogP contribution in [0.25, 0.3) is 90.4 Å². The number of hydrogen-bond acceptors (Lipinski definition) is 4. The van der Waals surface area contributed by atoms with E-state index in [0.717, 1.165) is 152 Å². The summed E-state index contributed by atoms with van der Waals surface area (Å²) in [5.74, 6) is 0. The van der Waals surface area contributed by atoms with Crippen molar-refractivity contribution in [3.8, 4) is 22.3 Å². The van der Waals surface area contributed by atoms with Crippen LogP contribution in [0.2, 0.25) is 0 Å². The molecule has 2 N–H and O–H groups in total. The lowest BCUT2D eigenvalue weighted by molar-refractivity contribution is 1.26. The molecule has 7 aromatic carbocycles. The van der Waals surface area contributed by atoms with E-state index in [-0.39, 0.29) is 0 Å². The highest BCUT2D eigenvalue weighted by Crippen LogP contribution is 2.35. The predicted molar refractivity (Wildman–Crippen MR) is 318 cm³/mol. The average molecular weight is 999 g/mol. The first-order valence-electron chi connectivity index (χ1n) is 26.7. The minimum Gasteiger partial charge on any atom is -0.354 e. The van der Waals surface area contributed by atoms with Gasteiger partial charge in [-0.2, -0.15) is 0 Å². The van der Waals surface area contributed by atoms with Crippen LogP contribution < -0.4 is 0 Å². The number of rotatable bonds is 2. The number of nitrogens with zero attached hydrogens (tertiary/aromatic N) is 4. The first-order valence-corrected chi connectivity index (χ1v) is 26.7. The largest absolute Gasteiger partial charge is 0.354 e. The summed E-state index contributed by atoms with van der Waals surface area (Å²) in [4.78, 5) is 29.7. The first-order chi connectivity index (χ1) is 38.2. The van der Waals surface area contributed by atoms with Gasteiger partial charge in [-0.3, -0.25) is 0 Å². The van der Waals surface area contributed by atoms with E-state index in [0.29, 0.717) is 0 Å². The molecule has 368 valence electrons. The van der Waals surface area contributed by atoms with Crippen LogP contribution in [0, 0.1) is 90.6 Å². The molecular weight excluding hydrogens is 949 g/mol. The Balaban J connectivity index is 1.15. The normalized spacial score (nSPS) is 12.3. The number of benzene rings is 7. The molecule has 0 fully saturated rings. The fourth-order valence-corrected chi connectivity index (χ4v) is 12.1. The quantitative estimate of drug-likeness (QED) is 0.169. The number of H-pyrrole nitrogens is 2. The van der Waals surface area contributed by atoms with Gasteiger partial charge in [-0.05, 0) is 131 Å². The Hall–Kier alpha value is -10.0. The average Bonchev–Trinajstić information content (AvgIpc) is 4.33. The number of nitrogens with one attached hydrogen (secondary N) is 2. The summed E-state index contributed by atoms with van der Waals surface area (Å²) in [6.07, 6.45) is 8.71. The van der Waals surface area contributed by atoms with Gasteiger partial charge >= 0.3 is 0 Å². The van der Waals surface area contributed by atoms with Crippen LogP contribution in [0.4, 0.5) is 0 Å². The predicted octanol–water partition coefficient (Wildman–Crippen LogP) is 16.4. The summed E-state index contributed by atoms with van der Waals surface area (Å²) in [7, 11) is 0. The summed E-state index contributed by atoms with van der Waals surface area (Å²) in [6, 6.07) is 70.5. The van der Waals surface area contributed by atoms with Gasteiger partial charge in [-0.1, -0.05) is 180 Å². The fourth-order valence-electron chi connectivity index (χ4n) is 12.1. The van der Waals surface area contributed by atoms with Crippen LogP contribution in [0.3, 0.4) is 0 Å². The Bertz CT molecular complexity index is 5040. The minimum atomic E-state index is 0.873.